The summed E-state index contributed by atoms with van der Waals surface area (Å²) in [6.07, 6.45) is 0. The van der Waals surface area contributed by atoms with E-state index in [2.05, 4.69) is 21.2 Å². The van der Waals surface area contributed by atoms with Gasteiger partial charge in [0.05, 0.1) is 21.5 Å². The van der Waals surface area contributed by atoms with Gasteiger partial charge in [-0.1, -0.05) is 0 Å². The van der Waals surface area contributed by atoms with Crippen LogP contribution in [0.5, 0.6) is 0 Å². The van der Waals surface area contributed by atoms with Crippen molar-refractivity contribution in [3.05, 3.63) is 52.0 Å². The number of halogens is 5. The molecule has 0 saturated heterocycles. The molecule has 2 aromatic carbocycles. The van der Waals surface area contributed by atoms with Crippen LogP contribution in [0.4, 0.5) is 34.6 Å². The fourth-order valence-corrected chi connectivity index (χ4v) is 1.82. The molecule has 0 saturated carbocycles. The predicted molar refractivity (Wildman–Crippen MR) is 68.1 cm³/mol. The van der Waals surface area contributed by atoms with Gasteiger partial charge < -0.3 is 11.1 Å². The highest BCUT2D eigenvalue weighted by Gasteiger charge is 2.13. The molecule has 7 heteroatoms. The molecule has 0 aliphatic heterocycles. The van der Waals surface area contributed by atoms with Crippen molar-refractivity contribution in [2.45, 2.75) is 0 Å². The van der Waals surface area contributed by atoms with Crippen LogP contribution in [0.1, 0.15) is 0 Å². The summed E-state index contributed by atoms with van der Waals surface area (Å²) in [4.78, 5) is 0. The minimum atomic E-state index is -1.35. The zero-order chi connectivity index (χ0) is 14.2. The number of benzene rings is 2. The maximum Gasteiger partial charge on any atom is 0.182 e. The molecule has 0 radical (unpaired) electrons. The Morgan fingerprint density at radius 3 is 2.26 bits per heavy atom. The molecule has 2 nitrogen and oxygen atoms in total. The van der Waals surface area contributed by atoms with E-state index in [9.17, 15) is 17.6 Å². The Labute approximate surface area is 114 Å². The first-order valence-corrected chi connectivity index (χ1v) is 5.84. The van der Waals surface area contributed by atoms with Crippen molar-refractivity contribution < 1.29 is 17.6 Å². The second-order valence-electron chi connectivity index (χ2n) is 3.73. The molecule has 19 heavy (non-hydrogen) atoms. The minimum Gasteiger partial charge on any atom is -0.397 e. The van der Waals surface area contributed by atoms with Crippen molar-refractivity contribution >= 4 is 33.0 Å². The number of hydrogen-bond acceptors (Lipinski definition) is 2. The largest absolute Gasteiger partial charge is 0.397 e. The van der Waals surface area contributed by atoms with Crippen molar-refractivity contribution in [3.63, 3.8) is 0 Å². The summed E-state index contributed by atoms with van der Waals surface area (Å²) in [6.45, 7) is 0. The maximum absolute atomic E-state index is 13.4. The standard InChI is InChI=1S/C12H7BrF4N2/c13-6-3-9(18)10(4-7(6)15)19-11-2-5(14)1-8(16)12(11)17/h1-4,19H,18H2. The van der Waals surface area contributed by atoms with Gasteiger partial charge in [0.1, 0.15) is 11.6 Å². The fourth-order valence-electron chi connectivity index (χ4n) is 1.46. The molecule has 100 valence electrons. The SMILES string of the molecule is Nc1cc(Br)c(F)cc1Nc1cc(F)cc(F)c1F. The molecule has 0 unspecified atom stereocenters. The smallest absolute Gasteiger partial charge is 0.182 e. The molecule has 2 aromatic rings. The number of nitrogen functional groups attached to an aromatic ring is 1. The summed E-state index contributed by atoms with van der Waals surface area (Å²) < 4.78 is 52.9. The molecule has 3 N–H and O–H groups in total. The van der Waals surface area contributed by atoms with Crippen LogP contribution in [0.3, 0.4) is 0 Å². The molecule has 0 fully saturated rings. The average Bonchev–Trinajstić information content (AvgIpc) is 2.32. The van der Waals surface area contributed by atoms with Crippen LogP contribution in [0.15, 0.2) is 28.7 Å². The van der Waals surface area contributed by atoms with Gasteiger partial charge in [-0.2, -0.15) is 0 Å². The summed E-state index contributed by atoms with van der Waals surface area (Å²) in [5.41, 5.74) is 5.23. The van der Waals surface area contributed by atoms with Gasteiger partial charge >= 0.3 is 0 Å². The van der Waals surface area contributed by atoms with Crippen LogP contribution in [0.25, 0.3) is 0 Å². The van der Waals surface area contributed by atoms with E-state index in [1.807, 2.05) is 0 Å². The molecule has 2 rings (SSSR count). The number of rotatable bonds is 2. The lowest BCUT2D eigenvalue weighted by atomic mass is 10.2. The Balaban J connectivity index is 2.44. The Morgan fingerprint density at radius 1 is 0.895 bits per heavy atom. The monoisotopic (exact) mass is 334 g/mol. The zero-order valence-corrected chi connectivity index (χ0v) is 10.9. The lowest BCUT2D eigenvalue weighted by Gasteiger charge is -2.11. The van der Waals surface area contributed by atoms with Crippen molar-refractivity contribution in [3.8, 4) is 0 Å². The highest BCUT2D eigenvalue weighted by molar-refractivity contribution is 9.10. The van der Waals surface area contributed by atoms with E-state index >= 15 is 0 Å². The van der Waals surface area contributed by atoms with Gasteiger partial charge in [0.2, 0.25) is 0 Å². The third-order valence-electron chi connectivity index (χ3n) is 2.35. The Kier molecular flexibility index (Phi) is 3.66. The van der Waals surface area contributed by atoms with Crippen molar-refractivity contribution in [2.24, 2.45) is 0 Å². The molecule has 0 atom stereocenters. The van der Waals surface area contributed by atoms with Gasteiger partial charge in [0.15, 0.2) is 11.6 Å². The average molecular weight is 335 g/mol. The van der Waals surface area contributed by atoms with Crippen molar-refractivity contribution in [2.75, 3.05) is 11.1 Å². The molecule has 0 amide bonds. The van der Waals surface area contributed by atoms with Gasteiger partial charge in [0.25, 0.3) is 0 Å². The second kappa shape index (κ2) is 5.08. The maximum atomic E-state index is 13.4. The van der Waals surface area contributed by atoms with Crippen LogP contribution in [0, 0.1) is 23.3 Å². The molecular weight excluding hydrogens is 328 g/mol. The van der Waals surface area contributed by atoms with Crippen LogP contribution in [-0.4, -0.2) is 0 Å². The highest BCUT2D eigenvalue weighted by atomic mass is 79.9. The van der Waals surface area contributed by atoms with Crippen LogP contribution in [-0.2, 0) is 0 Å². The topological polar surface area (TPSA) is 38.0 Å². The summed E-state index contributed by atoms with van der Waals surface area (Å²) in [5, 5.41) is 2.35. The summed E-state index contributed by atoms with van der Waals surface area (Å²) in [6, 6.07) is 3.40. The number of anilines is 3. The Hall–Kier alpha value is -1.76. The Morgan fingerprint density at radius 2 is 1.58 bits per heavy atom. The zero-order valence-electron chi connectivity index (χ0n) is 9.28. The first-order valence-electron chi connectivity index (χ1n) is 5.04. The molecule has 0 aliphatic carbocycles. The van der Waals surface area contributed by atoms with Gasteiger partial charge in [0, 0.05) is 18.2 Å². The van der Waals surface area contributed by atoms with Crippen molar-refractivity contribution in [1.29, 1.82) is 0 Å². The third kappa shape index (κ3) is 2.81. The van der Waals surface area contributed by atoms with E-state index in [0.29, 0.717) is 6.07 Å². The molecule has 0 heterocycles. The lowest BCUT2D eigenvalue weighted by molar-refractivity contribution is 0.498. The number of nitrogens with two attached hydrogens (primary N) is 1. The van der Waals surface area contributed by atoms with E-state index < -0.39 is 29.0 Å². The summed E-state index contributed by atoms with van der Waals surface area (Å²) >= 11 is 2.93. The van der Waals surface area contributed by atoms with Crippen LogP contribution >= 0.6 is 15.9 Å². The van der Waals surface area contributed by atoms with Gasteiger partial charge in [-0.05, 0) is 22.0 Å². The van der Waals surface area contributed by atoms with Gasteiger partial charge in [-0.15, -0.1) is 0 Å². The summed E-state index contributed by atoms with van der Waals surface area (Å²) in [5.74, 6) is -4.23. The van der Waals surface area contributed by atoms with E-state index in [0.717, 1.165) is 12.1 Å². The molecular formula is C12H7BrF4N2. The van der Waals surface area contributed by atoms with E-state index in [1.54, 1.807) is 0 Å². The summed E-state index contributed by atoms with van der Waals surface area (Å²) in [7, 11) is 0. The molecule has 0 aromatic heterocycles. The first kappa shape index (κ1) is 13.7. The second-order valence-corrected chi connectivity index (χ2v) is 4.58. The number of hydrogen-bond donors (Lipinski definition) is 2. The first-order chi connectivity index (χ1) is 8.88. The molecule has 0 spiro atoms. The molecule has 0 aliphatic rings. The minimum absolute atomic E-state index is 0.00426. The van der Waals surface area contributed by atoms with Crippen molar-refractivity contribution in [1.82, 2.24) is 0 Å². The number of nitrogens with one attached hydrogen (secondary N) is 1. The van der Waals surface area contributed by atoms with Crippen LogP contribution in [0.2, 0.25) is 0 Å². The van der Waals surface area contributed by atoms with Crippen LogP contribution < -0.4 is 11.1 Å². The predicted octanol–water partition coefficient (Wildman–Crippen LogP) is 4.33. The quantitative estimate of drug-likeness (QED) is 0.487. The van der Waals surface area contributed by atoms with Gasteiger partial charge in [-0.25, -0.2) is 17.6 Å². The van der Waals surface area contributed by atoms with Gasteiger partial charge in [-0.3, -0.25) is 0 Å². The highest BCUT2D eigenvalue weighted by Crippen LogP contribution is 2.30. The fraction of sp³-hybridized carbons (Fsp3) is 0. The molecule has 0 bridgehead atoms. The lowest BCUT2D eigenvalue weighted by Crippen LogP contribution is -2.01. The third-order valence-corrected chi connectivity index (χ3v) is 2.96. The normalized spacial score (nSPS) is 10.6. The van der Waals surface area contributed by atoms with E-state index in [-0.39, 0.29) is 15.8 Å². The Bertz CT molecular complexity index is 646. The van der Waals surface area contributed by atoms with E-state index in [1.165, 1.54) is 6.07 Å². The van der Waals surface area contributed by atoms with E-state index in [4.69, 9.17) is 5.73 Å².